The van der Waals surface area contributed by atoms with E-state index >= 15 is 0 Å². The van der Waals surface area contributed by atoms with Crippen LogP contribution in [0.25, 0.3) is 0 Å². The predicted molar refractivity (Wildman–Crippen MR) is 93.2 cm³/mol. The summed E-state index contributed by atoms with van der Waals surface area (Å²) in [4.78, 5) is 0. The Morgan fingerprint density at radius 2 is 1.73 bits per heavy atom. The Labute approximate surface area is 152 Å². The van der Waals surface area contributed by atoms with E-state index in [0.29, 0.717) is 27.0 Å². The monoisotopic (exact) mass is 420 g/mol. The third kappa shape index (κ3) is 3.16. The minimum absolute atomic E-state index is 0.179. The van der Waals surface area contributed by atoms with Crippen LogP contribution >= 0.6 is 50.7 Å². The Balaban J connectivity index is 1.91. The van der Waals surface area contributed by atoms with Gasteiger partial charge >= 0.3 is 0 Å². The van der Waals surface area contributed by atoms with Crippen LogP contribution in [0.15, 0.2) is 42.5 Å². The molecule has 0 amide bonds. The summed E-state index contributed by atoms with van der Waals surface area (Å²) in [6.07, 6.45) is -0.179. The van der Waals surface area contributed by atoms with Crippen molar-refractivity contribution in [1.82, 2.24) is 0 Å². The molecule has 0 unspecified atom stereocenters. The fourth-order valence-electron chi connectivity index (χ4n) is 2.43. The lowest BCUT2D eigenvalue weighted by molar-refractivity contribution is -0.157. The van der Waals surface area contributed by atoms with E-state index in [1.165, 1.54) is 0 Å². The first-order valence-electron chi connectivity index (χ1n) is 6.63. The fraction of sp³-hybridized carbons (Fsp3) is 0.250. The van der Waals surface area contributed by atoms with Crippen molar-refractivity contribution in [2.24, 2.45) is 0 Å². The summed E-state index contributed by atoms with van der Waals surface area (Å²) in [6, 6.07) is 12.8. The summed E-state index contributed by atoms with van der Waals surface area (Å²) < 4.78 is 12.2. The molecule has 1 aliphatic rings. The highest BCUT2D eigenvalue weighted by molar-refractivity contribution is 9.09. The first kappa shape index (κ1) is 16.6. The van der Waals surface area contributed by atoms with Crippen LogP contribution in [0.1, 0.15) is 17.2 Å². The maximum atomic E-state index is 6.31. The summed E-state index contributed by atoms with van der Waals surface area (Å²) in [5, 5.41) is 2.25. The number of alkyl halides is 1. The van der Waals surface area contributed by atoms with E-state index in [9.17, 15) is 0 Å². The first-order valence-corrected chi connectivity index (χ1v) is 8.88. The molecule has 1 fully saturated rings. The van der Waals surface area contributed by atoms with Crippen LogP contribution in [-0.4, -0.2) is 11.9 Å². The molecule has 1 saturated heterocycles. The molecule has 1 heterocycles. The number of halogens is 4. The van der Waals surface area contributed by atoms with Gasteiger partial charge in [0.2, 0.25) is 5.79 Å². The minimum Gasteiger partial charge on any atom is -0.342 e. The van der Waals surface area contributed by atoms with Crippen molar-refractivity contribution in [2.75, 3.05) is 11.9 Å². The molecule has 0 N–H and O–H groups in total. The van der Waals surface area contributed by atoms with Gasteiger partial charge in [-0.2, -0.15) is 0 Å². The van der Waals surface area contributed by atoms with Gasteiger partial charge in [0.05, 0.1) is 17.0 Å². The molecule has 0 radical (unpaired) electrons. The Hall–Kier alpha value is -0.290. The van der Waals surface area contributed by atoms with Crippen molar-refractivity contribution < 1.29 is 9.47 Å². The van der Waals surface area contributed by atoms with Crippen molar-refractivity contribution in [1.29, 1.82) is 0 Å². The van der Waals surface area contributed by atoms with Crippen LogP contribution in [0, 0.1) is 0 Å². The zero-order valence-corrected chi connectivity index (χ0v) is 15.2. The largest absolute Gasteiger partial charge is 0.342 e. The fourth-order valence-corrected chi connectivity index (χ4v) is 3.71. The summed E-state index contributed by atoms with van der Waals surface area (Å²) in [6.45, 7) is 0.437. The molecule has 22 heavy (non-hydrogen) atoms. The number of benzene rings is 2. The standard InChI is InChI=1S/C16H12BrCl3O2/c17-9-16(13-6-5-12(19)7-14(13)20)21-8-15(22-16)10-1-3-11(18)4-2-10/h1-7,15H,8-9H2/t15-,16+/m1/s1. The molecule has 2 aromatic carbocycles. The van der Waals surface area contributed by atoms with Gasteiger partial charge in [-0.3, -0.25) is 0 Å². The second-order valence-corrected chi connectivity index (χ2v) is 6.82. The second-order valence-electron chi connectivity index (χ2n) is 4.98. The number of hydrogen-bond acceptors (Lipinski definition) is 2. The van der Waals surface area contributed by atoms with Gasteiger partial charge in [-0.05, 0) is 29.8 Å². The number of hydrogen-bond donors (Lipinski definition) is 0. The molecule has 0 spiro atoms. The average molecular weight is 423 g/mol. The van der Waals surface area contributed by atoms with E-state index in [-0.39, 0.29) is 6.10 Å². The predicted octanol–water partition coefficient (Wildman–Crippen LogP) is 5.98. The van der Waals surface area contributed by atoms with Crippen molar-refractivity contribution in [2.45, 2.75) is 11.9 Å². The van der Waals surface area contributed by atoms with Crippen molar-refractivity contribution in [3.63, 3.8) is 0 Å². The first-order chi connectivity index (χ1) is 10.5. The van der Waals surface area contributed by atoms with Gasteiger partial charge in [0.25, 0.3) is 0 Å². The molecule has 0 aromatic heterocycles. The van der Waals surface area contributed by atoms with E-state index in [2.05, 4.69) is 15.9 Å². The summed E-state index contributed by atoms with van der Waals surface area (Å²) in [5.41, 5.74) is 1.77. The third-order valence-electron chi connectivity index (χ3n) is 3.56. The Bertz CT molecular complexity index is 678. The lowest BCUT2D eigenvalue weighted by atomic mass is 10.1. The van der Waals surface area contributed by atoms with Crippen molar-refractivity contribution >= 4 is 50.7 Å². The Kier molecular flexibility index (Phi) is 5.03. The smallest absolute Gasteiger partial charge is 0.207 e. The van der Waals surface area contributed by atoms with E-state index in [4.69, 9.17) is 44.3 Å². The maximum absolute atomic E-state index is 6.31. The molecule has 116 valence electrons. The van der Waals surface area contributed by atoms with Crippen molar-refractivity contribution in [3.05, 3.63) is 68.7 Å². The summed E-state index contributed by atoms with van der Waals surface area (Å²) in [5.74, 6) is -0.925. The van der Waals surface area contributed by atoms with E-state index in [1.807, 2.05) is 30.3 Å². The van der Waals surface area contributed by atoms with Gasteiger partial charge in [0.15, 0.2) is 0 Å². The molecule has 1 aliphatic heterocycles. The van der Waals surface area contributed by atoms with Gasteiger partial charge in [-0.1, -0.05) is 68.9 Å². The lowest BCUT2D eigenvalue weighted by Crippen LogP contribution is -2.29. The number of rotatable bonds is 3. The van der Waals surface area contributed by atoms with Crippen LogP contribution in [0.3, 0.4) is 0 Å². The summed E-state index contributed by atoms with van der Waals surface area (Å²) in [7, 11) is 0. The zero-order chi connectivity index (χ0) is 15.7. The molecule has 2 aromatic rings. The molecular weight excluding hydrogens is 410 g/mol. The topological polar surface area (TPSA) is 18.5 Å². The molecule has 2 atom stereocenters. The lowest BCUT2D eigenvalue weighted by Gasteiger charge is -2.27. The molecule has 6 heteroatoms. The van der Waals surface area contributed by atoms with Crippen LogP contribution in [0.2, 0.25) is 15.1 Å². The zero-order valence-electron chi connectivity index (χ0n) is 11.4. The highest BCUT2D eigenvalue weighted by Crippen LogP contribution is 2.44. The van der Waals surface area contributed by atoms with Crippen molar-refractivity contribution in [3.8, 4) is 0 Å². The normalized spacial score (nSPS) is 24.6. The Morgan fingerprint density at radius 1 is 1.05 bits per heavy atom. The molecular formula is C16H12BrCl3O2. The molecule has 0 aliphatic carbocycles. The SMILES string of the molecule is Clc1ccc([C@H]2CO[C@](CBr)(c3ccc(Cl)cc3Cl)O2)cc1. The van der Waals surface area contributed by atoms with Gasteiger partial charge in [0, 0.05) is 15.6 Å². The highest BCUT2D eigenvalue weighted by Gasteiger charge is 2.44. The summed E-state index contributed by atoms with van der Waals surface area (Å²) >= 11 is 21.7. The third-order valence-corrected chi connectivity index (χ3v) is 5.10. The molecule has 3 rings (SSSR count). The molecule has 2 nitrogen and oxygen atoms in total. The second kappa shape index (κ2) is 6.68. The van der Waals surface area contributed by atoms with Gasteiger partial charge in [-0.15, -0.1) is 0 Å². The Morgan fingerprint density at radius 3 is 2.36 bits per heavy atom. The molecule has 0 saturated carbocycles. The average Bonchev–Trinajstić information content (AvgIpc) is 2.93. The van der Waals surface area contributed by atoms with Crippen LogP contribution in [0.4, 0.5) is 0 Å². The van der Waals surface area contributed by atoms with Gasteiger partial charge < -0.3 is 9.47 Å². The number of ether oxygens (including phenoxy) is 2. The van der Waals surface area contributed by atoms with Gasteiger partial charge in [0.1, 0.15) is 6.10 Å². The quantitative estimate of drug-likeness (QED) is 0.566. The van der Waals surface area contributed by atoms with E-state index in [1.54, 1.807) is 12.1 Å². The van der Waals surface area contributed by atoms with E-state index < -0.39 is 5.79 Å². The maximum Gasteiger partial charge on any atom is 0.207 e. The van der Waals surface area contributed by atoms with E-state index in [0.717, 1.165) is 11.1 Å². The molecule has 0 bridgehead atoms. The van der Waals surface area contributed by atoms with Crippen LogP contribution < -0.4 is 0 Å². The van der Waals surface area contributed by atoms with Crippen LogP contribution in [0.5, 0.6) is 0 Å². The minimum atomic E-state index is -0.925. The van der Waals surface area contributed by atoms with Gasteiger partial charge in [-0.25, -0.2) is 0 Å². The van der Waals surface area contributed by atoms with Crippen LogP contribution in [-0.2, 0) is 15.3 Å². The highest BCUT2D eigenvalue weighted by atomic mass is 79.9.